The zero-order valence-electron chi connectivity index (χ0n) is 25.0. The molecule has 0 heterocycles. The number of hydrogen-bond donors (Lipinski definition) is 0. The Morgan fingerprint density at radius 1 is 0.795 bits per heavy atom. The molecule has 0 aliphatic carbocycles. The summed E-state index contributed by atoms with van der Waals surface area (Å²) in [6.45, 7) is 9.06. The van der Waals surface area contributed by atoms with E-state index >= 15 is 0 Å². The van der Waals surface area contributed by atoms with Gasteiger partial charge in [0.15, 0.2) is 0 Å². The van der Waals surface area contributed by atoms with Crippen molar-refractivity contribution in [3.05, 3.63) is 71.3 Å². The van der Waals surface area contributed by atoms with Crippen molar-refractivity contribution < 1.29 is 19.1 Å². The highest BCUT2D eigenvalue weighted by Crippen LogP contribution is 2.39. The molecule has 0 N–H and O–H groups in total. The zero-order valence-corrected chi connectivity index (χ0v) is 25.0. The fourth-order valence-electron chi connectivity index (χ4n) is 5.68. The van der Waals surface area contributed by atoms with Gasteiger partial charge in [-0.15, -0.1) is 0 Å². The third kappa shape index (κ3) is 11.7. The van der Waals surface area contributed by atoms with Crippen LogP contribution in [0.15, 0.2) is 54.6 Å². The van der Waals surface area contributed by atoms with E-state index in [-0.39, 0.29) is 17.9 Å². The fraction of sp³-hybridized carbons (Fsp3) is 0.600. The molecule has 2 atom stereocenters. The van der Waals surface area contributed by atoms with Crippen LogP contribution in [0.1, 0.15) is 121 Å². The second kappa shape index (κ2) is 18.8. The summed E-state index contributed by atoms with van der Waals surface area (Å²) in [5.74, 6) is 0.148. The summed E-state index contributed by atoms with van der Waals surface area (Å²) in [7, 11) is 0. The highest BCUT2D eigenvalue weighted by molar-refractivity contribution is 5.88. The van der Waals surface area contributed by atoms with E-state index in [2.05, 4.69) is 62.4 Å². The highest BCUT2D eigenvalue weighted by atomic mass is 16.5. The van der Waals surface area contributed by atoms with Gasteiger partial charge >= 0.3 is 5.97 Å². The third-order valence-corrected chi connectivity index (χ3v) is 7.96. The molecule has 0 aliphatic rings. The van der Waals surface area contributed by atoms with Gasteiger partial charge in [-0.2, -0.15) is 0 Å². The van der Waals surface area contributed by atoms with E-state index in [9.17, 15) is 9.59 Å². The lowest BCUT2D eigenvalue weighted by Gasteiger charge is -2.34. The van der Waals surface area contributed by atoms with Crippen molar-refractivity contribution in [1.29, 1.82) is 0 Å². The molecule has 0 bridgehead atoms. The Morgan fingerprint density at radius 3 is 2.15 bits per heavy atom. The minimum absolute atomic E-state index is 0.113. The van der Waals surface area contributed by atoms with Crippen LogP contribution in [-0.2, 0) is 31.1 Å². The Hall–Kier alpha value is -2.46. The maximum atomic E-state index is 13.4. The third-order valence-electron chi connectivity index (χ3n) is 7.96. The first-order chi connectivity index (χ1) is 18.9. The normalized spacial score (nSPS) is 13.5. The van der Waals surface area contributed by atoms with Crippen LogP contribution in [0, 0.1) is 6.92 Å². The Bertz CT molecular complexity index is 954. The summed E-state index contributed by atoms with van der Waals surface area (Å²) in [4.78, 5) is 25.1. The molecule has 39 heavy (non-hydrogen) atoms. The number of esters is 1. The topological polar surface area (TPSA) is 52.6 Å². The van der Waals surface area contributed by atoms with Crippen molar-refractivity contribution in [3.63, 3.8) is 0 Å². The Balaban J connectivity index is 2.05. The molecule has 2 aromatic carbocycles. The van der Waals surface area contributed by atoms with E-state index < -0.39 is 5.41 Å². The van der Waals surface area contributed by atoms with E-state index in [1.807, 2.05) is 13.0 Å². The predicted molar refractivity (Wildman–Crippen MR) is 161 cm³/mol. The van der Waals surface area contributed by atoms with Gasteiger partial charge in [0.05, 0.1) is 24.7 Å². The minimum atomic E-state index is -0.472. The first-order valence-electron chi connectivity index (χ1n) is 15.3. The van der Waals surface area contributed by atoms with E-state index in [0.29, 0.717) is 19.6 Å². The first kappa shape index (κ1) is 32.8. The van der Waals surface area contributed by atoms with Gasteiger partial charge in [0, 0.05) is 6.42 Å². The van der Waals surface area contributed by atoms with Gasteiger partial charge in [-0.3, -0.25) is 9.59 Å². The van der Waals surface area contributed by atoms with Gasteiger partial charge in [-0.05, 0) is 76.0 Å². The lowest BCUT2D eigenvalue weighted by molar-refractivity contribution is -0.143. The average molecular weight is 537 g/mol. The van der Waals surface area contributed by atoms with Crippen LogP contribution in [0.5, 0.6) is 0 Å². The second-order valence-electron chi connectivity index (χ2n) is 11.0. The molecular formula is C35H52O4. The van der Waals surface area contributed by atoms with Crippen molar-refractivity contribution >= 4 is 11.8 Å². The molecule has 4 heteroatoms. The molecule has 0 amide bonds. The van der Waals surface area contributed by atoms with Crippen molar-refractivity contribution in [2.24, 2.45) is 0 Å². The molecule has 2 rings (SSSR count). The maximum absolute atomic E-state index is 13.4. The molecule has 0 aromatic heterocycles. The molecule has 0 saturated carbocycles. The largest absolute Gasteiger partial charge is 0.466 e. The molecule has 0 aliphatic heterocycles. The summed E-state index contributed by atoms with van der Waals surface area (Å²) in [5, 5.41) is 0. The molecule has 2 aromatic rings. The van der Waals surface area contributed by atoms with Crippen molar-refractivity contribution in [1.82, 2.24) is 0 Å². The molecule has 0 radical (unpaired) electrons. The van der Waals surface area contributed by atoms with E-state index in [0.717, 1.165) is 57.8 Å². The number of aryl methyl sites for hydroxylation is 1. The monoisotopic (exact) mass is 536 g/mol. The lowest BCUT2D eigenvalue weighted by atomic mass is 9.68. The number of ether oxygens (including phenoxy) is 2. The summed E-state index contributed by atoms with van der Waals surface area (Å²) >= 11 is 0. The van der Waals surface area contributed by atoms with Gasteiger partial charge in [-0.25, -0.2) is 0 Å². The predicted octanol–water partition coefficient (Wildman–Crippen LogP) is 9.06. The molecule has 216 valence electrons. The quantitative estimate of drug-likeness (QED) is 0.118. The smallest absolute Gasteiger partial charge is 0.305 e. The number of carbonyl (C=O) groups excluding carboxylic acids is 2. The fourth-order valence-corrected chi connectivity index (χ4v) is 5.68. The summed E-state index contributed by atoms with van der Waals surface area (Å²) in [6, 6.07) is 18.8. The van der Waals surface area contributed by atoms with E-state index in [1.165, 1.54) is 36.0 Å². The van der Waals surface area contributed by atoms with Crippen molar-refractivity contribution in [2.45, 2.75) is 129 Å². The van der Waals surface area contributed by atoms with Crippen LogP contribution in [0.4, 0.5) is 0 Å². The second-order valence-corrected chi connectivity index (χ2v) is 11.0. The Morgan fingerprint density at radius 2 is 1.46 bits per heavy atom. The molecule has 0 saturated heterocycles. The zero-order chi connectivity index (χ0) is 28.3. The molecule has 0 spiro atoms. The van der Waals surface area contributed by atoms with E-state index in [1.54, 1.807) is 6.92 Å². The van der Waals surface area contributed by atoms with Gasteiger partial charge in [-0.1, -0.05) is 100 Å². The van der Waals surface area contributed by atoms with Crippen LogP contribution < -0.4 is 0 Å². The number of Topliss-reactive ketones (excluding diaryl/α,β-unsaturated/α-hetero) is 1. The van der Waals surface area contributed by atoms with Gasteiger partial charge in [0.2, 0.25) is 0 Å². The van der Waals surface area contributed by atoms with Crippen LogP contribution in [0.2, 0.25) is 0 Å². The van der Waals surface area contributed by atoms with Crippen LogP contribution in [-0.4, -0.2) is 24.5 Å². The highest BCUT2D eigenvalue weighted by Gasteiger charge is 2.37. The Kier molecular flexibility index (Phi) is 15.8. The number of carbonyl (C=O) groups is 2. The van der Waals surface area contributed by atoms with Crippen LogP contribution in [0.25, 0.3) is 0 Å². The summed E-state index contributed by atoms with van der Waals surface area (Å²) in [5.41, 5.74) is 3.10. The van der Waals surface area contributed by atoms with Crippen molar-refractivity contribution in [2.75, 3.05) is 6.61 Å². The van der Waals surface area contributed by atoms with Gasteiger partial charge in [0.1, 0.15) is 5.78 Å². The number of hydrogen-bond acceptors (Lipinski definition) is 4. The van der Waals surface area contributed by atoms with Crippen LogP contribution in [0.3, 0.4) is 0 Å². The average Bonchev–Trinajstić information content (AvgIpc) is 2.93. The van der Waals surface area contributed by atoms with E-state index in [4.69, 9.17) is 9.47 Å². The number of ketones is 1. The number of benzene rings is 2. The van der Waals surface area contributed by atoms with Crippen molar-refractivity contribution in [3.8, 4) is 0 Å². The molecule has 0 fully saturated rings. The standard InChI is InChI=1S/C35H52O4/c1-5-7-11-22-32(39-28-31-20-12-10-13-21-31)23-18-27-35(30(4)36,33-24-16-15-19-29(33)3)26-17-9-8-14-25-34(37)38-6-2/h10,12-13,15-16,19-21,24,32H,5-9,11,14,17-18,22-23,25-28H2,1-4H3. The SMILES string of the molecule is CCCCCC(CCCC(CCCCCCC(=O)OCC)(C(C)=O)c1ccccc1C)OCc1ccccc1. The lowest BCUT2D eigenvalue weighted by Crippen LogP contribution is -2.35. The Labute approximate surface area is 237 Å². The number of unbranched alkanes of at least 4 members (excludes halogenated alkanes) is 5. The summed E-state index contributed by atoms with van der Waals surface area (Å²) < 4.78 is 11.5. The molecular weight excluding hydrogens is 484 g/mol. The van der Waals surface area contributed by atoms with Crippen LogP contribution >= 0.6 is 0 Å². The maximum Gasteiger partial charge on any atom is 0.305 e. The number of rotatable bonds is 21. The summed E-state index contributed by atoms with van der Waals surface area (Å²) in [6.07, 6.45) is 12.8. The molecule has 2 unspecified atom stereocenters. The van der Waals surface area contributed by atoms with Gasteiger partial charge in [0.25, 0.3) is 0 Å². The minimum Gasteiger partial charge on any atom is -0.466 e. The first-order valence-corrected chi connectivity index (χ1v) is 15.3. The molecule has 4 nitrogen and oxygen atoms in total. The van der Waals surface area contributed by atoms with Gasteiger partial charge < -0.3 is 9.47 Å².